The third kappa shape index (κ3) is 4.45. The second-order valence-corrected chi connectivity index (χ2v) is 6.16. The lowest BCUT2D eigenvalue weighted by molar-refractivity contribution is -0.111. The molecule has 0 aromatic heterocycles. The lowest BCUT2D eigenvalue weighted by Crippen LogP contribution is -2.09. The number of anilines is 1. The maximum absolute atomic E-state index is 12.6. The van der Waals surface area contributed by atoms with Gasteiger partial charge in [0.2, 0.25) is 5.91 Å². The molecule has 3 aromatic carbocycles. The SMILES string of the molecule is Cc1cc(C)cc(NC(=O)C=C(c2ccccc2)c2ccccc2)c1. The number of hydrogen-bond acceptors (Lipinski definition) is 1. The molecule has 0 spiro atoms. The number of carbonyl (C=O) groups excluding carboxylic acids is 1. The van der Waals surface area contributed by atoms with E-state index in [1.807, 2.05) is 86.6 Å². The number of carbonyl (C=O) groups is 1. The van der Waals surface area contributed by atoms with Gasteiger partial charge < -0.3 is 5.32 Å². The monoisotopic (exact) mass is 327 g/mol. The summed E-state index contributed by atoms with van der Waals surface area (Å²) in [5.74, 6) is -0.132. The van der Waals surface area contributed by atoms with Crippen LogP contribution in [0.5, 0.6) is 0 Å². The largest absolute Gasteiger partial charge is 0.322 e. The Kier molecular flexibility index (Phi) is 5.10. The summed E-state index contributed by atoms with van der Waals surface area (Å²) in [5, 5.41) is 2.98. The highest BCUT2D eigenvalue weighted by Crippen LogP contribution is 2.23. The fraction of sp³-hybridized carbons (Fsp3) is 0.0870. The van der Waals surface area contributed by atoms with Crippen molar-refractivity contribution in [2.45, 2.75) is 13.8 Å². The van der Waals surface area contributed by atoms with Gasteiger partial charge in [-0.05, 0) is 53.8 Å². The van der Waals surface area contributed by atoms with Crippen molar-refractivity contribution in [1.29, 1.82) is 0 Å². The van der Waals surface area contributed by atoms with Gasteiger partial charge in [-0.15, -0.1) is 0 Å². The van der Waals surface area contributed by atoms with E-state index in [2.05, 4.69) is 11.4 Å². The number of nitrogens with one attached hydrogen (secondary N) is 1. The number of aryl methyl sites for hydroxylation is 2. The van der Waals surface area contributed by atoms with E-state index in [9.17, 15) is 4.79 Å². The van der Waals surface area contributed by atoms with Crippen molar-refractivity contribution >= 4 is 17.2 Å². The second-order valence-electron chi connectivity index (χ2n) is 6.16. The first-order chi connectivity index (χ1) is 12.1. The van der Waals surface area contributed by atoms with Gasteiger partial charge in [0.05, 0.1) is 0 Å². The summed E-state index contributed by atoms with van der Waals surface area (Å²) in [4.78, 5) is 12.6. The Morgan fingerprint density at radius 1 is 0.760 bits per heavy atom. The van der Waals surface area contributed by atoms with E-state index in [1.54, 1.807) is 6.08 Å². The average molecular weight is 327 g/mol. The topological polar surface area (TPSA) is 29.1 Å². The third-order valence-electron chi connectivity index (χ3n) is 3.93. The minimum absolute atomic E-state index is 0.132. The van der Waals surface area contributed by atoms with E-state index in [0.717, 1.165) is 33.5 Å². The van der Waals surface area contributed by atoms with E-state index in [4.69, 9.17) is 0 Å². The molecule has 1 amide bonds. The van der Waals surface area contributed by atoms with Crippen LogP contribution in [0.15, 0.2) is 84.9 Å². The van der Waals surface area contributed by atoms with E-state index in [0.29, 0.717) is 0 Å². The van der Waals surface area contributed by atoms with Crippen molar-refractivity contribution in [1.82, 2.24) is 0 Å². The number of rotatable bonds is 4. The molecule has 0 bridgehead atoms. The van der Waals surface area contributed by atoms with Crippen molar-refractivity contribution in [3.63, 3.8) is 0 Å². The van der Waals surface area contributed by atoms with Crippen LogP contribution in [0.3, 0.4) is 0 Å². The summed E-state index contributed by atoms with van der Waals surface area (Å²) in [6, 6.07) is 26.0. The average Bonchev–Trinajstić information content (AvgIpc) is 2.60. The van der Waals surface area contributed by atoms with Crippen molar-refractivity contribution in [3.8, 4) is 0 Å². The molecular formula is C23H21NO. The molecule has 25 heavy (non-hydrogen) atoms. The van der Waals surface area contributed by atoms with E-state index in [1.165, 1.54) is 0 Å². The van der Waals surface area contributed by atoms with Crippen LogP contribution < -0.4 is 5.32 Å². The van der Waals surface area contributed by atoms with Crippen molar-refractivity contribution in [2.24, 2.45) is 0 Å². The molecule has 1 N–H and O–H groups in total. The maximum atomic E-state index is 12.6. The molecule has 124 valence electrons. The zero-order chi connectivity index (χ0) is 17.6. The van der Waals surface area contributed by atoms with Crippen LogP contribution in [0.2, 0.25) is 0 Å². The molecule has 2 heteroatoms. The van der Waals surface area contributed by atoms with Gasteiger partial charge in [-0.2, -0.15) is 0 Å². The molecule has 0 atom stereocenters. The summed E-state index contributed by atoms with van der Waals surface area (Å²) in [5.41, 5.74) is 6.02. The Morgan fingerprint density at radius 2 is 1.24 bits per heavy atom. The Hall–Kier alpha value is -3.13. The Bertz CT molecular complexity index is 834. The molecule has 0 saturated carbocycles. The zero-order valence-electron chi connectivity index (χ0n) is 14.5. The molecule has 0 aliphatic carbocycles. The molecule has 0 fully saturated rings. The fourth-order valence-electron chi connectivity index (χ4n) is 2.93. The Labute approximate surface area is 148 Å². The van der Waals surface area contributed by atoms with Crippen molar-refractivity contribution in [2.75, 3.05) is 5.32 Å². The predicted octanol–water partition coefficient (Wildman–Crippen LogP) is 5.37. The lowest BCUT2D eigenvalue weighted by Gasteiger charge is -2.10. The van der Waals surface area contributed by atoms with Crippen LogP contribution in [0, 0.1) is 13.8 Å². The minimum atomic E-state index is -0.132. The number of hydrogen-bond donors (Lipinski definition) is 1. The quantitative estimate of drug-likeness (QED) is 0.641. The maximum Gasteiger partial charge on any atom is 0.249 e. The van der Waals surface area contributed by atoms with Crippen LogP contribution in [-0.4, -0.2) is 5.91 Å². The van der Waals surface area contributed by atoms with Gasteiger partial charge in [0.25, 0.3) is 0 Å². The summed E-state index contributed by atoms with van der Waals surface area (Å²) in [6.45, 7) is 4.05. The molecule has 0 heterocycles. The van der Waals surface area contributed by atoms with Crippen molar-refractivity contribution < 1.29 is 4.79 Å². The van der Waals surface area contributed by atoms with Gasteiger partial charge in [0.15, 0.2) is 0 Å². The van der Waals surface area contributed by atoms with Gasteiger partial charge >= 0.3 is 0 Å². The highest BCUT2D eigenvalue weighted by molar-refractivity contribution is 6.06. The molecule has 0 unspecified atom stereocenters. The van der Waals surface area contributed by atoms with Gasteiger partial charge in [0, 0.05) is 11.8 Å². The molecular weight excluding hydrogens is 306 g/mol. The predicted molar refractivity (Wildman–Crippen MR) is 105 cm³/mol. The number of amides is 1. The van der Waals surface area contributed by atoms with Crippen LogP contribution >= 0.6 is 0 Å². The summed E-state index contributed by atoms with van der Waals surface area (Å²) in [7, 11) is 0. The second kappa shape index (κ2) is 7.63. The lowest BCUT2D eigenvalue weighted by atomic mass is 9.97. The summed E-state index contributed by atoms with van der Waals surface area (Å²) in [6.07, 6.45) is 1.67. The van der Waals surface area contributed by atoms with Crippen molar-refractivity contribution in [3.05, 3.63) is 107 Å². The zero-order valence-corrected chi connectivity index (χ0v) is 14.5. The highest BCUT2D eigenvalue weighted by atomic mass is 16.1. The van der Waals surface area contributed by atoms with E-state index >= 15 is 0 Å². The molecule has 0 aliphatic heterocycles. The molecule has 0 aliphatic rings. The summed E-state index contributed by atoms with van der Waals surface area (Å²) >= 11 is 0. The van der Waals surface area contributed by atoms with Gasteiger partial charge in [-0.1, -0.05) is 66.7 Å². The van der Waals surface area contributed by atoms with Gasteiger partial charge in [-0.25, -0.2) is 0 Å². The first-order valence-corrected chi connectivity index (χ1v) is 8.33. The van der Waals surface area contributed by atoms with Gasteiger partial charge in [-0.3, -0.25) is 4.79 Å². The first-order valence-electron chi connectivity index (χ1n) is 8.33. The number of benzene rings is 3. The first kappa shape index (κ1) is 16.7. The van der Waals surface area contributed by atoms with Crippen LogP contribution in [0.4, 0.5) is 5.69 Å². The smallest absolute Gasteiger partial charge is 0.249 e. The van der Waals surface area contributed by atoms with E-state index in [-0.39, 0.29) is 5.91 Å². The molecule has 0 saturated heterocycles. The normalized spacial score (nSPS) is 10.2. The van der Waals surface area contributed by atoms with Crippen LogP contribution in [0.25, 0.3) is 5.57 Å². The Balaban J connectivity index is 1.94. The fourth-order valence-corrected chi connectivity index (χ4v) is 2.93. The van der Waals surface area contributed by atoms with Crippen LogP contribution in [0.1, 0.15) is 22.3 Å². The third-order valence-corrected chi connectivity index (χ3v) is 3.93. The summed E-state index contributed by atoms with van der Waals surface area (Å²) < 4.78 is 0. The molecule has 3 aromatic rings. The Morgan fingerprint density at radius 3 is 1.72 bits per heavy atom. The van der Waals surface area contributed by atoms with Gasteiger partial charge in [0.1, 0.15) is 0 Å². The highest BCUT2D eigenvalue weighted by Gasteiger charge is 2.08. The van der Waals surface area contributed by atoms with E-state index < -0.39 is 0 Å². The molecule has 2 nitrogen and oxygen atoms in total. The standard InChI is InChI=1S/C23H21NO/c1-17-13-18(2)15-21(14-17)24-23(25)16-22(19-9-5-3-6-10-19)20-11-7-4-8-12-20/h3-16H,1-2H3,(H,24,25). The molecule has 3 rings (SSSR count). The van der Waals surface area contributed by atoms with Crippen LogP contribution in [-0.2, 0) is 4.79 Å². The minimum Gasteiger partial charge on any atom is -0.322 e. The molecule has 0 radical (unpaired) electrons.